The van der Waals surface area contributed by atoms with E-state index in [1.165, 1.54) is 6.07 Å². The zero-order valence-corrected chi connectivity index (χ0v) is 13.9. The van der Waals surface area contributed by atoms with Crippen LogP contribution in [0.25, 0.3) is 0 Å². The van der Waals surface area contributed by atoms with Crippen molar-refractivity contribution in [1.82, 2.24) is 0 Å². The molecule has 1 rings (SSSR count). The maximum atomic E-state index is 11.2. The van der Waals surface area contributed by atoms with E-state index in [1.807, 2.05) is 0 Å². The van der Waals surface area contributed by atoms with Crippen LogP contribution in [-0.4, -0.2) is 34.5 Å². The highest BCUT2D eigenvalue weighted by molar-refractivity contribution is 5.93. The number of aryl methyl sites for hydroxylation is 1. The van der Waals surface area contributed by atoms with Gasteiger partial charge in [0.05, 0.1) is 0 Å². The van der Waals surface area contributed by atoms with Crippen LogP contribution in [0.15, 0.2) is 12.1 Å². The molecule has 5 heteroatoms. The molecule has 5 nitrogen and oxygen atoms in total. The minimum Gasteiger partial charge on any atom is -0.504 e. The molecule has 1 aromatic rings. The molecule has 0 atom stereocenters. The smallest absolute Gasteiger partial charge is 0.339 e. The van der Waals surface area contributed by atoms with Gasteiger partial charge >= 0.3 is 5.97 Å². The van der Waals surface area contributed by atoms with Crippen LogP contribution >= 0.6 is 0 Å². The molecule has 0 radical (unpaired) electrons. The lowest BCUT2D eigenvalue weighted by atomic mass is 9.99. The number of phenolic OH excluding ortho intramolecular Hbond substituents is 1. The van der Waals surface area contributed by atoms with E-state index in [0.717, 1.165) is 58.2 Å². The molecule has 0 aliphatic rings. The number of aromatic carboxylic acids is 1. The molecule has 1 aromatic carbocycles. The number of unbranched alkanes of at least 4 members (excludes halogenated alkanes) is 5. The molecular formula is C18H28O5. The van der Waals surface area contributed by atoms with E-state index >= 15 is 0 Å². The molecule has 23 heavy (non-hydrogen) atoms. The molecule has 0 bridgehead atoms. The Balaban J connectivity index is 2.24. The van der Waals surface area contributed by atoms with Gasteiger partial charge in [0, 0.05) is 13.2 Å². The molecule has 0 heterocycles. The lowest BCUT2D eigenvalue weighted by Gasteiger charge is -2.09. The van der Waals surface area contributed by atoms with Gasteiger partial charge in [-0.3, -0.25) is 0 Å². The minimum absolute atomic E-state index is 0.186. The number of phenols is 2. The first-order chi connectivity index (χ1) is 11.1. The van der Waals surface area contributed by atoms with Gasteiger partial charge in [0.25, 0.3) is 0 Å². The van der Waals surface area contributed by atoms with Gasteiger partial charge in [-0.2, -0.15) is 0 Å². The monoisotopic (exact) mass is 324 g/mol. The van der Waals surface area contributed by atoms with Gasteiger partial charge in [0.1, 0.15) is 5.56 Å². The number of carboxylic acids is 1. The van der Waals surface area contributed by atoms with Crippen molar-refractivity contribution >= 4 is 5.97 Å². The summed E-state index contributed by atoms with van der Waals surface area (Å²) in [4.78, 5) is 11.2. The highest BCUT2D eigenvalue weighted by Gasteiger charge is 2.18. The van der Waals surface area contributed by atoms with Gasteiger partial charge in [-0.15, -0.1) is 0 Å². The highest BCUT2D eigenvalue weighted by Crippen LogP contribution is 2.32. The molecule has 0 aliphatic carbocycles. The van der Waals surface area contributed by atoms with Crippen molar-refractivity contribution in [3.63, 3.8) is 0 Å². The first kappa shape index (κ1) is 19.3. The van der Waals surface area contributed by atoms with Crippen LogP contribution in [0, 0.1) is 0 Å². The molecule has 130 valence electrons. The maximum absolute atomic E-state index is 11.2. The van der Waals surface area contributed by atoms with Crippen LogP contribution in [0.4, 0.5) is 0 Å². The Bertz CT molecular complexity index is 485. The summed E-state index contributed by atoms with van der Waals surface area (Å²) in [6.45, 7) is 3.81. The van der Waals surface area contributed by atoms with E-state index in [0.29, 0.717) is 12.0 Å². The van der Waals surface area contributed by atoms with Crippen molar-refractivity contribution in [3.05, 3.63) is 23.3 Å². The second-order valence-corrected chi connectivity index (χ2v) is 5.76. The van der Waals surface area contributed by atoms with E-state index in [1.54, 1.807) is 6.07 Å². The lowest BCUT2D eigenvalue weighted by molar-refractivity contribution is 0.0691. The zero-order valence-electron chi connectivity index (χ0n) is 13.9. The molecular weight excluding hydrogens is 296 g/mol. The van der Waals surface area contributed by atoms with Gasteiger partial charge in [0.15, 0.2) is 11.5 Å². The predicted octanol–water partition coefficient (Wildman–Crippen LogP) is 4.11. The Hall–Kier alpha value is -1.75. The number of ether oxygens (including phenoxy) is 1. The van der Waals surface area contributed by atoms with Crippen LogP contribution in [0.2, 0.25) is 0 Å². The Morgan fingerprint density at radius 3 is 2.35 bits per heavy atom. The number of carbonyl (C=O) groups is 1. The number of benzene rings is 1. The van der Waals surface area contributed by atoms with Crippen molar-refractivity contribution in [2.75, 3.05) is 13.2 Å². The standard InChI is InChI=1S/C18H28O5/c1-2-3-12-23-13-8-6-4-5-7-9-14-10-11-15(19)17(20)16(14)18(21)22/h10-11,19-20H,2-9,12-13H2,1H3,(H,21,22). The fourth-order valence-electron chi connectivity index (χ4n) is 2.47. The largest absolute Gasteiger partial charge is 0.504 e. The summed E-state index contributed by atoms with van der Waals surface area (Å²) in [5.74, 6) is -2.15. The van der Waals surface area contributed by atoms with Gasteiger partial charge in [-0.1, -0.05) is 38.7 Å². The summed E-state index contributed by atoms with van der Waals surface area (Å²) in [5.41, 5.74) is 0.380. The Morgan fingerprint density at radius 1 is 1.00 bits per heavy atom. The van der Waals surface area contributed by atoms with Crippen molar-refractivity contribution in [1.29, 1.82) is 0 Å². The Morgan fingerprint density at radius 2 is 1.65 bits per heavy atom. The second kappa shape index (κ2) is 10.9. The molecule has 0 saturated heterocycles. The normalized spacial score (nSPS) is 10.8. The third-order valence-corrected chi connectivity index (χ3v) is 3.83. The molecule has 0 aromatic heterocycles. The minimum atomic E-state index is -1.21. The van der Waals surface area contributed by atoms with Crippen LogP contribution < -0.4 is 0 Å². The Kier molecular flexibility index (Phi) is 9.14. The Labute approximate surface area is 137 Å². The predicted molar refractivity (Wildman–Crippen MR) is 89.2 cm³/mol. The molecule has 0 aliphatic heterocycles. The third kappa shape index (κ3) is 6.91. The molecule has 0 spiro atoms. The second-order valence-electron chi connectivity index (χ2n) is 5.76. The summed E-state index contributed by atoms with van der Waals surface area (Å²) < 4.78 is 5.50. The third-order valence-electron chi connectivity index (χ3n) is 3.83. The quantitative estimate of drug-likeness (QED) is 0.398. The summed E-state index contributed by atoms with van der Waals surface area (Å²) in [6.07, 6.45) is 7.99. The van der Waals surface area contributed by atoms with Crippen LogP contribution in [0.1, 0.15) is 67.8 Å². The van der Waals surface area contributed by atoms with E-state index in [2.05, 4.69) is 6.92 Å². The van der Waals surface area contributed by atoms with Crippen molar-refractivity contribution in [2.24, 2.45) is 0 Å². The molecule has 0 amide bonds. The average molecular weight is 324 g/mol. The van der Waals surface area contributed by atoms with Crippen LogP contribution in [0.5, 0.6) is 11.5 Å². The molecule has 3 N–H and O–H groups in total. The summed E-state index contributed by atoms with van der Waals surface area (Å²) in [5, 5.41) is 28.2. The fraction of sp³-hybridized carbons (Fsp3) is 0.611. The van der Waals surface area contributed by atoms with Gasteiger partial charge < -0.3 is 20.1 Å². The number of aromatic hydroxyl groups is 2. The number of rotatable bonds is 12. The molecule has 0 saturated carbocycles. The molecule has 0 fully saturated rings. The van der Waals surface area contributed by atoms with Crippen LogP contribution in [-0.2, 0) is 11.2 Å². The summed E-state index contributed by atoms with van der Waals surface area (Å²) in [6, 6.07) is 2.91. The highest BCUT2D eigenvalue weighted by atomic mass is 16.5. The summed E-state index contributed by atoms with van der Waals surface area (Å²) >= 11 is 0. The fourth-order valence-corrected chi connectivity index (χ4v) is 2.47. The zero-order chi connectivity index (χ0) is 17.1. The molecule has 0 unspecified atom stereocenters. The lowest BCUT2D eigenvalue weighted by Crippen LogP contribution is -2.03. The van der Waals surface area contributed by atoms with E-state index < -0.39 is 17.5 Å². The van der Waals surface area contributed by atoms with Gasteiger partial charge in [0.2, 0.25) is 0 Å². The van der Waals surface area contributed by atoms with Gasteiger partial charge in [-0.25, -0.2) is 4.79 Å². The van der Waals surface area contributed by atoms with E-state index in [4.69, 9.17) is 9.84 Å². The van der Waals surface area contributed by atoms with E-state index in [9.17, 15) is 15.0 Å². The number of carboxylic acid groups (broad SMARTS) is 1. The van der Waals surface area contributed by atoms with E-state index in [-0.39, 0.29) is 5.56 Å². The number of hydrogen-bond acceptors (Lipinski definition) is 4. The topological polar surface area (TPSA) is 87.0 Å². The van der Waals surface area contributed by atoms with Gasteiger partial charge in [-0.05, 0) is 37.3 Å². The van der Waals surface area contributed by atoms with Crippen LogP contribution in [0.3, 0.4) is 0 Å². The maximum Gasteiger partial charge on any atom is 0.339 e. The number of hydrogen-bond donors (Lipinski definition) is 3. The van der Waals surface area contributed by atoms with Crippen molar-refractivity contribution < 1.29 is 24.9 Å². The van der Waals surface area contributed by atoms with Crippen molar-refractivity contribution in [3.8, 4) is 11.5 Å². The first-order valence-corrected chi connectivity index (χ1v) is 8.42. The van der Waals surface area contributed by atoms with Crippen molar-refractivity contribution in [2.45, 2.75) is 58.3 Å². The first-order valence-electron chi connectivity index (χ1n) is 8.42. The SMILES string of the molecule is CCCCOCCCCCCCc1ccc(O)c(O)c1C(=O)O. The summed E-state index contributed by atoms with van der Waals surface area (Å²) in [7, 11) is 0. The average Bonchev–Trinajstić information content (AvgIpc) is 2.52.